The standard InChI is InChI=1S/C10H14O4/c11-9-5-8(6-10(12)14-9)7-1-3-13-4-2-7/h7-8H,1-6H2. The van der Waals surface area contributed by atoms with Gasteiger partial charge in [0.25, 0.3) is 0 Å². The smallest absolute Gasteiger partial charge is 0.313 e. The molecule has 0 spiro atoms. The van der Waals surface area contributed by atoms with Crippen LogP contribution < -0.4 is 0 Å². The summed E-state index contributed by atoms with van der Waals surface area (Å²) in [6, 6.07) is 0. The Balaban J connectivity index is 1.95. The highest BCUT2D eigenvalue weighted by atomic mass is 16.6. The molecule has 0 aliphatic carbocycles. The molecule has 0 unspecified atom stereocenters. The first kappa shape index (κ1) is 9.65. The molecule has 0 amide bonds. The van der Waals surface area contributed by atoms with Crippen molar-refractivity contribution in [3.63, 3.8) is 0 Å². The predicted molar refractivity (Wildman–Crippen MR) is 47.4 cm³/mol. The molecule has 2 rings (SSSR count). The maximum absolute atomic E-state index is 11.1. The van der Waals surface area contributed by atoms with E-state index < -0.39 is 0 Å². The van der Waals surface area contributed by atoms with Crippen LogP contribution >= 0.6 is 0 Å². The van der Waals surface area contributed by atoms with Crippen LogP contribution in [0.5, 0.6) is 0 Å². The fraction of sp³-hybridized carbons (Fsp3) is 0.800. The fourth-order valence-corrected chi connectivity index (χ4v) is 2.23. The van der Waals surface area contributed by atoms with Crippen molar-refractivity contribution in [3.05, 3.63) is 0 Å². The van der Waals surface area contributed by atoms with Crippen molar-refractivity contribution in [3.8, 4) is 0 Å². The number of hydrogen-bond donors (Lipinski definition) is 0. The van der Waals surface area contributed by atoms with Gasteiger partial charge in [0.05, 0.1) is 0 Å². The van der Waals surface area contributed by atoms with Gasteiger partial charge in [-0.25, -0.2) is 0 Å². The number of cyclic esters (lactones) is 2. The first-order chi connectivity index (χ1) is 6.75. The maximum atomic E-state index is 11.1. The van der Waals surface area contributed by atoms with Crippen LogP contribution in [0.3, 0.4) is 0 Å². The SMILES string of the molecule is O=C1CC(C2CCOCC2)CC(=O)O1. The van der Waals surface area contributed by atoms with Gasteiger partial charge in [-0.2, -0.15) is 0 Å². The zero-order valence-corrected chi connectivity index (χ0v) is 8.03. The van der Waals surface area contributed by atoms with E-state index in [1.165, 1.54) is 0 Å². The van der Waals surface area contributed by atoms with E-state index in [4.69, 9.17) is 4.74 Å². The molecule has 0 saturated carbocycles. The molecule has 0 aromatic heterocycles. The van der Waals surface area contributed by atoms with Crippen molar-refractivity contribution in [2.45, 2.75) is 25.7 Å². The van der Waals surface area contributed by atoms with Gasteiger partial charge in [0.2, 0.25) is 0 Å². The Morgan fingerprint density at radius 1 is 0.929 bits per heavy atom. The van der Waals surface area contributed by atoms with Crippen LogP contribution in [0.25, 0.3) is 0 Å². The van der Waals surface area contributed by atoms with Crippen LogP contribution in [0.4, 0.5) is 0 Å². The summed E-state index contributed by atoms with van der Waals surface area (Å²) < 4.78 is 9.74. The van der Waals surface area contributed by atoms with E-state index in [-0.39, 0.29) is 17.9 Å². The summed E-state index contributed by atoms with van der Waals surface area (Å²) in [6.45, 7) is 1.51. The van der Waals surface area contributed by atoms with Gasteiger partial charge in [-0.05, 0) is 24.7 Å². The molecular formula is C10H14O4. The van der Waals surface area contributed by atoms with Crippen molar-refractivity contribution in [1.29, 1.82) is 0 Å². The Hall–Kier alpha value is -0.900. The number of carbonyl (C=O) groups excluding carboxylic acids is 2. The highest BCUT2D eigenvalue weighted by molar-refractivity contribution is 5.88. The highest BCUT2D eigenvalue weighted by Crippen LogP contribution is 2.31. The molecule has 2 heterocycles. The van der Waals surface area contributed by atoms with E-state index in [2.05, 4.69) is 4.74 Å². The first-order valence-electron chi connectivity index (χ1n) is 5.07. The second-order valence-corrected chi connectivity index (χ2v) is 3.96. The van der Waals surface area contributed by atoms with Gasteiger partial charge in [0, 0.05) is 26.1 Å². The lowest BCUT2D eigenvalue weighted by atomic mass is 9.81. The molecule has 14 heavy (non-hydrogen) atoms. The molecule has 4 heteroatoms. The number of hydrogen-bond acceptors (Lipinski definition) is 4. The summed E-state index contributed by atoms with van der Waals surface area (Å²) in [5, 5.41) is 0. The third kappa shape index (κ3) is 2.12. The molecule has 4 nitrogen and oxygen atoms in total. The zero-order valence-electron chi connectivity index (χ0n) is 8.03. The second-order valence-electron chi connectivity index (χ2n) is 3.96. The molecule has 2 fully saturated rings. The third-order valence-electron chi connectivity index (χ3n) is 3.02. The topological polar surface area (TPSA) is 52.6 Å². The summed E-state index contributed by atoms with van der Waals surface area (Å²) >= 11 is 0. The minimum absolute atomic E-state index is 0.188. The van der Waals surface area contributed by atoms with Crippen molar-refractivity contribution < 1.29 is 19.1 Å². The Morgan fingerprint density at radius 2 is 1.50 bits per heavy atom. The van der Waals surface area contributed by atoms with E-state index in [0.717, 1.165) is 26.1 Å². The third-order valence-corrected chi connectivity index (χ3v) is 3.02. The summed E-state index contributed by atoms with van der Waals surface area (Å²) in [5.74, 6) is -0.0799. The van der Waals surface area contributed by atoms with Gasteiger partial charge in [-0.1, -0.05) is 0 Å². The number of rotatable bonds is 1. The van der Waals surface area contributed by atoms with Crippen LogP contribution in [0, 0.1) is 11.8 Å². The van der Waals surface area contributed by atoms with Gasteiger partial charge >= 0.3 is 11.9 Å². The molecule has 0 N–H and O–H groups in total. The van der Waals surface area contributed by atoms with Crippen molar-refractivity contribution in [1.82, 2.24) is 0 Å². The van der Waals surface area contributed by atoms with Gasteiger partial charge in [-0.3, -0.25) is 9.59 Å². The zero-order chi connectivity index (χ0) is 9.97. The molecule has 0 aromatic rings. The number of ether oxygens (including phenoxy) is 2. The Labute approximate surface area is 82.6 Å². The normalized spacial score (nSPS) is 26.3. The quantitative estimate of drug-likeness (QED) is 0.464. The van der Waals surface area contributed by atoms with Crippen molar-refractivity contribution >= 4 is 11.9 Å². The van der Waals surface area contributed by atoms with E-state index in [0.29, 0.717) is 18.8 Å². The van der Waals surface area contributed by atoms with Gasteiger partial charge in [0.1, 0.15) is 0 Å². The molecule has 78 valence electrons. The highest BCUT2D eigenvalue weighted by Gasteiger charge is 2.33. The summed E-state index contributed by atoms with van der Waals surface area (Å²) in [7, 11) is 0. The molecule has 2 saturated heterocycles. The molecule has 0 aromatic carbocycles. The summed E-state index contributed by atoms with van der Waals surface area (Å²) in [5.41, 5.74) is 0. The van der Waals surface area contributed by atoms with E-state index in [1.54, 1.807) is 0 Å². The van der Waals surface area contributed by atoms with Crippen LogP contribution in [0.15, 0.2) is 0 Å². The monoisotopic (exact) mass is 198 g/mol. The van der Waals surface area contributed by atoms with Crippen LogP contribution in [0.1, 0.15) is 25.7 Å². The van der Waals surface area contributed by atoms with E-state index >= 15 is 0 Å². The summed E-state index contributed by atoms with van der Waals surface area (Å²) in [6.07, 6.45) is 2.73. The van der Waals surface area contributed by atoms with Gasteiger partial charge in [0.15, 0.2) is 0 Å². The molecule has 0 bridgehead atoms. The number of esters is 2. The minimum atomic E-state index is -0.363. The Morgan fingerprint density at radius 3 is 2.07 bits per heavy atom. The van der Waals surface area contributed by atoms with Crippen molar-refractivity contribution in [2.75, 3.05) is 13.2 Å². The molecular weight excluding hydrogens is 184 g/mol. The van der Waals surface area contributed by atoms with Crippen LogP contribution in [-0.2, 0) is 19.1 Å². The van der Waals surface area contributed by atoms with Crippen LogP contribution in [0.2, 0.25) is 0 Å². The number of carbonyl (C=O) groups is 2. The summed E-state index contributed by atoms with van der Waals surface area (Å²) in [4.78, 5) is 22.1. The average Bonchev–Trinajstić information content (AvgIpc) is 2.18. The molecule has 2 aliphatic heterocycles. The molecule has 0 radical (unpaired) electrons. The minimum Gasteiger partial charge on any atom is -0.393 e. The average molecular weight is 198 g/mol. The predicted octanol–water partition coefficient (Wildman–Crippen LogP) is 0.893. The van der Waals surface area contributed by atoms with E-state index in [1.807, 2.05) is 0 Å². The van der Waals surface area contributed by atoms with Crippen LogP contribution in [-0.4, -0.2) is 25.2 Å². The van der Waals surface area contributed by atoms with E-state index in [9.17, 15) is 9.59 Å². The van der Waals surface area contributed by atoms with Gasteiger partial charge in [-0.15, -0.1) is 0 Å². The first-order valence-corrected chi connectivity index (χ1v) is 5.07. The second kappa shape index (κ2) is 4.09. The fourth-order valence-electron chi connectivity index (χ4n) is 2.23. The Kier molecular flexibility index (Phi) is 2.82. The Bertz CT molecular complexity index is 227. The molecule has 2 aliphatic rings. The maximum Gasteiger partial charge on any atom is 0.313 e. The van der Waals surface area contributed by atoms with Gasteiger partial charge < -0.3 is 9.47 Å². The lowest BCUT2D eigenvalue weighted by molar-refractivity contribution is -0.167. The van der Waals surface area contributed by atoms with Crippen molar-refractivity contribution in [2.24, 2.45) is 11.8 Å². The lowest BCUT2D eigenvalue weighted by Gasteiger charge is -2.31. The lowest BCUT2D eigenvalue weighted by Crippen LogP contribution is -2.32. The largest absolute Gasteiger partial charge is 0.393 e. The molecule has 0 atom stereocenters.